The molecule has 0 radical (unpaired) electrons. The number of rotatable bonds is 2. The quantitative estimate of drug-likeness (QED) is 0.535. The van der Waals surface area contributed by atoms with Crippen LogP contribution in [0.25, 0.3) is 0 Å². The topological polar surface area (TPSA) is 157 Å². The van der Waals surface area contributed by atoms with Crippen LogP contribution in [0.5, 0.6) is 0 Å². The molecule has 0 aromatic heterocycles. The first-order valence-corrected chi connectivity index (χ1v) is 10.5. The molecule has 5 unspecified atom stereocenters. The van der Waals surface area contributed by atoms with E-state index >= 15 is 0 Å². The van der Waals surface area contributed by atoms with Crippen LogP contribution in [-0.4, -0.2) is 16.6 Å². The van der Waals surface area contributed by atoms with Crippen molar-refractivity contribution in [3.63, 3.8) is 0 Å². The Labute approximate surface area is 185 Å². The maximum atomic E-state index is 11.1. The summed E-state index contributed by atoms with van der Waals surface area (Å²) in [6, 6.07) is 11.6. The van der Waals surface area contributed by atoms with Gasteiger partial charge in [-0.2, -0.15) is 15.8 Å². The molecule has 9 heteroatoms. The minimum atomic E-state index is -2.06. The molecule has 1 aromatic carbocycles. The minimum absolute atomic E-state index is 0.0724. The molecule has 9 nitrogen and oxygen atoms in total. The van der Waals surface area contributed by atoms with E-state index in [-0.39, 0.29) is 17.0 Å². The van der Waals surface area contributed by atoms with Crippen LogP contribution in [0.3, 0.4) is 0 Å². The molecule has 3 fully saturated rings. The molecule has 5 atom stereocenters. The average molecular weight is 433 g/mol. The van der Waals surface area contributed by atoms with Gasteiger partial charge in [0, 0.05) is 18.6 Å². The number of nitro benzene ring substituents is 1. The highest BCUT2D eigenvalue weighted by Gasteiger charge is 2.81. The molecule has 0 amide bonds. The predicted molar refractivity (Wildman–Crippen MR) is 110 cm³/mol. The standard InChI is InChI=1S/C23H23N5O4/c1-20(2,3)15-8-9-23-17(10-15)22(13-26,19(27)32-23)21(11-24,12-25)18(31-23)14-4-6-16(7-5-14)28(29)30/h4-7,15,17-18,27H,8-10H2,1-3H3. The highest BCUT2D eigenvalue weighted by atomic mass is 16.7. The number of nitrogens with zero attached hydrogens (tertiary/aromatic N) is 4. The van der Waals surface area contributed by atoms with E-state index in [9.17, 15) is 25.9 Å². The monoisotopic (exact) mass is 433 g/mol. The Kier molecular flexibility index (Phi) is 4.59. The van der Waals surface area contributed by atoms with Gasteiger partial charge in [0.15, 0.2) is 5.41 Å². The zero-order valence-electron chi connectivity index (χ0n) is 18.1. The molecule has 0 spiro atoms. The fraction of sp³-hybridized carbons (Fsp3) is 0.565. The average Bonchev–Trinajstić information content (AvgIpc) is 2.96. The second kappa shape index (κ2) is 6.76. The molecule has 32 heavy (non-hydrogen) atoms. The van der Waals surface area contributed by atoms with Crippen molar-refractivity contribution >= 4 is 11.6 Å². The zero-order valence-corrected chi connectivity index (χ0v) is 18.1. The number of nitro groups is 1. The molecule has 4 rings (SSSR count). The molecule has 1 saturated carbocycles. The first kappa shape index (κ1) is 21.7. The van der Waals surface area contributed by atoms with Crippen molar-refractivity contribution in [3.05, 3.63) is 39.9 Å². The summed E-state index contributed by atoms with van der Waals surface area (Å²) in [5.41, 5.74) is -3.73. The van der Waals surface area contributed by atoms with Gasteiger partial charge in [0.05, 0.1) is 29.0 Å². The number of benzene rings is 1. The molecule has 1 aliphatic carbocycles. The first-order chi connectivity index (χ1) is 15.0. The summed E-state index contributed by atoms with van der Waals surface area (Å²) in [6.07, 6.45) is 0.441. The second-order valence-corrected chi connectivity index (χ2v) is 9.93. The Bertz CT molecular complexity index is 1110. The Morgan fingerprint density at radius 2 is 1.78 bits per heavy atom. The fourth-order valence-electron chi connectivity index (χ4n) is 5.70. The van der Waals surface area contributed by atoms with Gasteiger partial charge in [-0.15, -0.1) is 0 Å². The number of nitriles is 3. The van der Waals surface area contributed by atoms with Gasteiger partial charge < -0.3 is 9.47 Å². The summed E-state index contributed by atoms with van der Waals surface area (Å²) in [6.45, 7) is 6.32. The van der Waals surface area contributed by atoms with E-state index in [2.05, 4.69) is 26.8 Å². The molecule has 164 valence electrons. The highest BCUT2D eigenvalue weighted by Crippen LogP contribution is 2.70. The van der Waals surface area contributed by atoms with Gasteiger partial charge in [-0.1, -0.05) is 20.8 Å². The summed E-state index contributed by atoms with van der Waals surface area (Å²) < 4.78 is 12.3. The van der Waals surface area contributed by atoms with Crippen LogP contribution in [0, 0.1) is 77.6 Å². The summed E-state index contributed by atoms with van der Waals surface area (Å²) in [7, 11) is 0. The lowest BCUT2D eigenvalue weighted by Crippen LogP contribution is -2.61. The van der Waals surface area contributed by atoms with E-state index in [0.29, 0.717) is 18.4 Å². The molecule has 2 heterocycles. The van der Waals surface area contributed by atoms with E-state index in [1.165, 1.54) is 24.3 Å². The lowest BCUT2D eigenvalue weighted by Gasteiger charge is -2.54. The largest absolute Gasteiger partial charge is 0.447 e. The lowest BCUT2D eigenvalue weighted by atomic mass is 9.49. The van der Waals surface area contributed by atoms with Gasteiger partial charge in [0.25, 0.3) is 5.69 Å². The van der Waals surface area contributed by atoms with Gasteiger partial charge in [-0.25, -0.2) is 0 Å². The molecule has 2 saturated heterocycles. The number of ether oxygens (including phenoxy) is 2. The molecule has 2 aliphatic heterocycles. The number of non-ortho nitro benzene ring substituents is 1. The Morgan fingerprint density at radius 1 is 1.16 bits per heavy atom. The minimum Gasteiger partial charge on any atom is -0.447 e. The normalized spacial score (nSPS) is 34.9. The molecule has 1 aromatic rings. The van der Waals surface area contributed by atoms with Crippen molar-refractivity contribution in [3.8, 4) is 18.2 Å². The third-order valence-corrected chi connectivity index (χ3v) is 7.54. The Hall–Kier alpha value is -3.48. The van der Waals surface area contributed by atoms with Crippen molar-refractivity contribution in [2.24, 2.45) is 28.1 Å². The third-order valence-electron chi connectivity index (χ3n) is 7.54. The molecular weight excluding hydrogens is 410 g/mol. The lowest BCUT2D eigenvalue weighted by molar-refractivity contribution is -0.384. The number of hydrogen-bond donors (Lipinski definition) is 1. The van der Waals surface area contributed by atoms with Crippen molar-refractivity contribution in [2.75, 3.05) is 0 Å². The smallest absolute Gasteiger partial charge is 0.269 e. The molecular formula is C23H23N5O4. The van der Waals surface area contributed by atoms with Crippen molar-refractivity contribution in [2.45, 2.75) is 51.9 Å². The van der Waals surface area contributed by atoms with Gasteiger partial charge in [0.1, 0.15) is 6.10 Å². The van der Waals surface area contributed by atoms with Gasteiger partial charge >= 0.3 is 0 Å². The van der Waals surface area contributed by atoms with Crippen LogP contribution in [0.15, 0.2) is 24.3 Å². The fourth-order valence-corrected chi connectivity index (χ4v) is 5.70. The van der Waals surface area contributed by atoms with E-state index in [4.69, 9.17) is 14.9 Å². The van der Waals surface area contributed by atoms with E-state index in [0.717, 1.165) is 6.42 Å². The van der Waals surface area contributed by atoms with Crippen LogP contribution in [-0.2, 0) is 9.47 Å². The summed E-state index contributed by atoms with van der Waals surface area (Å²) >= 11 is 0. The SMILES string of the molecule is CC(C)(C)C1CCC23OC(=N)C(C#N)(C2C1)C(C#N)(C#N)C(c1ccc([N+](=O)[O-])cc1)O3. The number of nitrogens with one attached hydrogen (secondary N) is 1. The van der Waals surface area contributed by atoms with Gasteiger partial charge in [-0.05, 0) is 41.9 Å². The third kappa shape index (κ3) is 2.54. The van der Waals surface area contributed by atoms with Gasteiger partial charge in [0.2, 0.25) is 17.1 Å². The second-order valence-electron chi connectivity index (χ2n) is 9.93. The summed E-state index contributed by atoms with van der Waals surface area (Å²) in [4.78, 5) is 10.5. The zero-order chi connectivity index (χ0) is 23.5. The van der Waals surface area contributed by atoms with Crippen molar-refractivity contribution in [1.29, 1.82) is 21.2 Å². The van der Waals surface area contributed by atoms with Crippen LogP contribution < -0.4 is 0 Å². The summed E-state index contributed by atoms with van der Waals surface area (Å²) in [5.74, 6) is -2.17. The van der Waals surface area contributed by atoms with Crippen LogP contribution in [0.1, 0.15) is 51.7 Å². The van der Waals surface area contributed by atoms with Crippen molar-refractivity contribution < 1.29 is 14.4 Å². The van der Waals surface area contributed by atoms with Crippen LogP contribution in [0.4, 0.5) is 5.69 Å². The molecule has 3 aliphatic rings. The van der Waals surface area contributed by atoms with Crippen LogP contribution in [0.2, 0.25) is 0 Å². The predicted octanol–water partition coefficient (Wildman–Crippen LogP) is 4.38. The molecule has 2 bridgehead atoms. The first-order valence-electron chi connectivity index (χ1n) is 10.5. The maximum Gasteiger partial charge on any atom is 0.269 e. The Balaban J connectivity index is 1.91. The van der Waals surface area contributed by atoms with E-state index in [1.807, 2.05) is 12.1 Å². The van der Waals surface area contributed by atoms with Gasteiger partial charge in [-0.3, -0.25) is 15.5 Å². The van der Waals surface area contributed by atoms with Crippen molar-refractivity contribution in [1.82, 2.24) is 0 Å². The van der Waals surface area contributed by atoms with Crippen LogP contribution >= 0.6 is 0 Å². The van der Waals surface area contributed by atoms with E-state index in [1.54, 1.807) is 0 Å². The highest BCUT2D eigenvalue weighted by molar-refractivity contribution is 5.89. The van der Waals surface area contributed by atoms with E-state index < -0.39 is 39.5 Å². The number of hydrogen-bond acceptors (Lipinski definition) is 8. The Morgan fingerprint density at radius 3 is 2.28 bits per heavy atom. The summed E-state index contributed by atoms with van der Waals surface area (Å²) in [5, 5.41) is 50.7. The molecule has 1 N–H and O–H groups in total. The maximum absolute atomic E-state index is 11.1.